The summed E-state index contributed by atoms with van der Waals surface area (Å²) in [4.78, 5) is 20.0. The highest BCUT2D eigenvalue weighted by molar-refractivity contribution is 6.29. The zero-order chi connectivity index (χ0) is 13.3. The van der Waals surface area contributed by atoms with E-state index >= 15 is 0 Å². The summed E-state index contributed by atoms with van der Waals surface area (Å²) in [6, 6.07) is 1.26. The number of nitrogens with zero attached hydrogens (tertiary/aromatic N) is 4. The molecule has 0 radical (unpaired) electrons. The summed E-state index contributed by atoms with van der Waals surface area (Å²) in [7, 11) is 0. The summed E-state index contributed by atoms with van der Waals surface area (Å²) >= 11 is 5.70. The van der Waals surface area contributed by atoms with E-state index in [1.165, 1.54) is 10.6 Å². The summed E-state index contributed by atoms with van der Waals surface area (Å²) in [6.45, 7) is 5.85. The molecule has 2 rings (SSSR count). The fraction of sp³-hybridized carbons (Fsp3) is 0.455. The van der Waals surface area contributed by atoms with Gasteiger partial charge in [-0.05, 0) is 6.92 Å². The molecular weight excluding hydrogens is 256 g/mol. The molecule has 0 atom stereocenters. The average molecular weight is 269 g/mol. The lowest BCUT2D eigenvalue weighted by molar-refractivity contribution is 0.359. The second-order valence-electron chi connectivity index (χ2n) is 4.25. The van der Waals surface area contributed by atoms with Crippen LogP contribution in [0, 0.1) is 6.92 Å². The first-order valence-corrected chi connectivity index (χ1v) is 5.91. The molecule has 2 aromatic rings. The lowest BCUT2D eigenvalue weighted by atomic mass is 10.2. The lowest BCUT2D eigenvalue weighted by Crippen LogP contribution is -2.23. The average Bonchev–Trinajstić information content (AvgIpc) is 2.71. The van der Waals surface area contributed by atoms with Gasteiger partial charge in [0.05, 0.1) is 6.54 Å². The Morgan fingerprint density at radius 3 is 2.72 bits per heavy atom. The van der Waals surface area contributed by atoms with Gasteiger partial charge in [-0.3, -0.25) is 9.36 Å². The molecule has 0 saturated heterocycles. The molecule has 0 bridgehead atoms. The molecule has 0 aromatic carbocycles. The molecule has 0 fully saturated rings. The van der Waals surface area contributed by atoms with Gasteiger partial charge in [0.1, 0.15) is 11.0 Å². The van der Waals surface area contributed by atoms with Crippen LogP contribution in [0.4, 0.5) is 0 Å². The van der Waals surface area contributed by atoms with Crippen LogP contribution in [0.3, 0.4) is 0 Å². The van der Waals surface area contributed by atoms with Crippen LogP contribution >= 0.6 is 11.6 Å². The Morgan fingerprint density at radius 1 is 1.44 bits per heavy atom. The van der Waals surface area contributed by atoms with E-state index in [2.05, 4.69) is 15.1 Å². The van der Waals surface area contributed by atoms with Gasteiger partial charge in [0.25, 0.3) is 5.56 Å². The highest BCUT2D eigenvalue weighted by atomic mass is 35.5. The van der Waals surface area contributed by atoms with Crippen molar-refractivity contribution in [2.75, 3.05) is 0 Å². The summed E-state index contributed by atoms with van der Waals surface area (Å²) in [5.41, 5.74) is -0.233. The summed E-state index contributed by atoms with van der Waals surface area (Å²) in [6.07, 6.45) is 0. The number of aryl methyl sites for hydroxylation is 1. The number of aromatic nitrogens is 4. The van der Waals surface area contributed by atoms with Crippen LogP contribution in [-0.2, 0) is 6.54 Å². The highest BCUT2D eigenvalue weighted by Crippen LogP contribution is 2.11. The van der Waals surface area contributed by atoms with Crippen molar-refractivity contribution in [1.29, 1.82) is 0 Å². The van der Waals surface area contributed by atoms with Crippen molar-refractivity contribution in [3.05, 3.63) is 39.1 Å². The Hall–Kier alpha value is -1.69. The molecule has 7 heteroatoms. The predicted octanol–water partition coefficient (Wildman–Crippen LogP) is 1.76. The molecule has 0 aliphatic carbocycles. The van der Waals surface area contributed by atoms with Crippen LogP contribution in [0.1, 0.15) is 37.3 Å². The molecule has 0 spiro atoms. The summed E-state index contributed by atoms with van der Waals surface area (Å²) in [5.74, 6) is 1.68. The Kier molecular flexibility index (Phi) is 3.47. The van der Waals surface area contributed by atoms with Crippen molar-refractivity contribution in [2.45, 2.75) is 33.2 Å². The maximum absolute atomic E-state index is 11.8. The second kappa shape index (κ2) is 4.89. The molecule has 2 heterocycles. The van der Waals surface area contributed by atoms with Crippen molar-refractivity contribution in [2.24, 2.45) is 0 Å². The fourth-order valence-electron chi connectivity index (χ4n) is 1.49. The van der Waals surface area contributed by atoms with E-state index in [1.54, 1.807) is 6.92 Å². The summed E-state index contributed by atoms with van der Waals surface area (Å²) in [5, 5.41) is 4.02. The molecule has 0 saturated carbocycles. The number of halogens is 1. The van der Waals surface area contributed by atoms with Gasteiger partial charge < -0.3 is 4.52 Å². The largest absolute Gasteiger partial charge is 0.339 e. The first-order valence-electron chi connectivity index (χ1n) is 5.54. The minimum atomic E-state index is -0.233. The molecule has 6 nitrogen and oxygen atoms in total. The molecule has 0 N–H and O–H groups in total. The fourth-order valence-corrected chi connectivity index (χ4v) is 1.70. The zero-order valence-electron chi connectivity index (χ0n) is 10.3. The van der Waals surface area contributed by atoms with Crippen molar-refractivity contribution in [3.63, 3.8) is 0 Å². The van der Waals surface area contributed by atoms with Crippen LogP contribution < -0.4 is 5.56 Å². The van der Waals surface area contributed by atoms with Crippen molar-refractivity contribution >= 4 is 11.6 Å². The summed E-state index contributed by atoms with van der Waals surface area (Å²) < 4.78 is 6.52. The van der Waals surface area contributed by atoms with E-state index in [0.29, 0.717) is 17.5 Å². The maximum atomic E-state index is 11.8. The van der Waals surface area contributed by atoms with Gasteiger partial charge in [0.15, 0.2) is 5.82 Å². The van der Waals surface area contributed by atoms with Gasteiger partial charge in [0, 0.05) is 12.0 Å². The van der Waals surface area contributed by atoms with E-state index in [4.69, 9.17) is 16.1 Å². The first-order chi connectivity index (χ1) is 8.47. The van der Waals surface area contributed by atoms with Crippen molar-refractivity contribution in [3.8, 4) is 0 Å². The Balaban J connectivity index is 2.31. The van der Waals surface area contributed by atoms with E-state index < -0.39 is 0 Å². The van der Waals surface area contributed by atoms with Gasteiger partial charge in [-0.15, -0.1) is 0 Å². The molecule has 18 heavy (non-hydrogen) atoms. The van der Waals surface area contributed by atoms with Gasteiger partial charge in [-0.2, -0.15) is 4.98 Å². The van der Waals surface area contributed by atoms with Crippen LogP contribution in [0.15, 0.2) is 15.4 Å². The predicted molar refractivity (Wildman–Crippen MR) is 65.7 cm³/mol. The van der Waals surface area contributed by atoms with Crippen LogP contribution in [0.2, 0.25) is 5.15 Å². The topological polar surface area (TPSA) is 73.8 Å². The molecular formula is C11H13ClN4O2. The van der Waals surface area contributed by atoms with Gasteiger partial charge in [-0.25, -0.2) is 4.98 Å². The Morgan fingerprint density at radius 2 is 2.17 bits per heavy atom. The Bertz CT molecular complexity index is 618. The second-order valence-corrected chi connectivity index (χ2v) is 4.64. The standard InChI is InChI=1S/C11H13ClN4O2/c1-6(2)11-14-9(15-18-11)5-16-7(3)13-8(12)4-10(16)17/h4,6H,5H2,1-3H3. The maximum Gasteiger partial charge on any atom is 0.255 e. The normalized spacial score (nSPS) is 11.2. The molecule has 0 amide bonds. The quantitative estimate of drug-likeness (QED) is 0.793. The highest BCUT2D eigenvalue weighted by Gasteiger charge is 2.12. The number of rotatable bonds is 3. The molecule has 2 aromatic heterocycles. The zero-order valence-corrected chi connectivity index (χ0v) is 11.1. The van der Waals surface area contributed by atoms with Gasteiger partial charge in [-0.1, -0.05) is 30.6 Å². The molecule has 0 unspecified atom stereocenters. The number of hydrogen-bond acceptors (Lipinski definition) is 5. The minimum absolute atomic E-state index is 0.160. The first kappa shape index (κ1) is 12.8. The van der Waals surface area contributed by atoms with Crippen LogP contribution in [-0.4, -0.2) is 19.7 Å². The third-order valence-corrected chi connectivity index (χ3v) is 2.64. The smallest absolute Gasteiger partial charge is 0.255 e. The third-order valence-electron chi connectivity index (χ3n) is 2.45. The Labute approximate surface area is 109 Å². The third kappa shape index (κ3) is 2.59. The van der Waals surface area contributed by atoms with E-state index in [-0.39, 0.29) is 23.2 Å². The van der Waals surface area contributed by atoms with E-state index in [0.717, 1.165) is 0 Å². The number of hydrogen-bond donors (Lipinski definition) is 0. The lowest BCUT2D eigenvalue weighted by Gasteiger charge is -2.05. The molecule has 0 aliphatic rings. The molecule has 96 valence electrons. The minimum Gasteiger partial charge on any atom is -0.339 e. The molecule has 0 aliphatic heterocycles. The van der Waals surface area contributed by atoms with E-state index in [1.807, 2.05) is 13.8 Å². The van der Waals surface area contributed by atoms with Gasteiger partial charge >= 0.3 is 0 Å². The van der Waals surface area contributed by atoms with Crippen LogP contribution in [0.25, 0.3) is 0 Å². The monoisotopic (exact) mass is 268 g/mol. The van der Waals surface area contributed by atoms with Crippen molar-refractivity contribution < 1.29 is 4.52 Å². The SMILES string of the molecule is Cc1nc(Cl)cc(=O)n1Cc1noc(C(C)C)n1. The van der Waals surface area contributed by atoms with E-state index in [9.17, 15) is 4.79 Å². The van der Waals surface area contributed by atoms with Crippen molar-refractivity contribution in [1.82, 2.24) is 19.7 Å². The van der Waals surface area contributed by atoms with Crippen LogP contribution in [0.5, 0.6) is 0 Å². The van der Waals surface area contributed by atoms with Gasteiger partial charge in [0.2, 0.25) is 5.89 Å².